The summed E-state index contributed by atoms with van der Waals surface area (Å²) in [5.41, 5.74) is 8.74. The molecule has 0 atom stereocenters. The number of alkyl halides is 3. The highest BCUT2D eigenvalue weighted by Gasteiger charge is 2.40. The van der Waals surface area contributed by atoms with E-state index in [0.29, 0.717) is 43.9 Å². The van der Waals surface area contributed by atoms with Gasteiger partial charge in [0, 0.05) is 144 Å². The molecule has 15 aliphatic rings. The Morgan fingerprint density at radius 3 is 1.17 bits per heavy atom. The molecule has 0 aromatic carbocycles. The molecular weight excluding hydrogens is 2010 g/mol. The van der Waals surface area contributed by atoms with Crippen molar-refractivity contribution in [1.29, 1.82) is 0 Å². The Morgan fingerprint density at radius 2 is 0.767 bits per heavy atom. The SMILES string of the molecule is CN(C)CC1CC(Oc2ncnc3sc4c(c23)CCC4)C1.C[N+](C)(C)C1CCC(Nc2ncnc3sc4c(c23)CCC4)CC1.FC(F)(F)CCC1CCC(Nc2ncnc3sc4c(c23)CCC4)CC1.O=C(CN(CC(=O)N1CCCC1)C1CCC(Oc2ncnc3sc4c(c23)CCC4)CC1)N1CCCC1.c1nc(NC2CCC(N3CCCC3)CC2)c2c3c(sc2n1)CCC3.c1nc(OCCN2CCNCC2)c2c3c(sc2n1)CCC3. The normalized spacial score (nSPS) is 24.1. The first-order valence-corrected chi connectivity index (χ1v) is 61.8. The van der Waals surface area contributed by atoms with E-state index in [9.17, 15) is 22.8 Å². The van der Waals surface area contributed by atoms with E-state index in [1.54, 1.807) is 65.5 Å². The lowest BCUT2D eigenvalue weighted by Gasteiger charge is -2.39. The first-order valence-electron chi connectivity index (χ1n) is 56.9. The van der Waals surface area contributed by atoms with E-state index < -0.39 is 12.6 Å². The lowest BCUT2D eigenvalue weighted by molar-refractivity contribution is -0.897. The number of thiophene rings is 6. The van der Waals surface area contributed by atoms with Crippen LogP contribution in [0.4, 0.5) is 30.6 Å². The van der Waals surface area contributed by atoms with Gasteiger partial charge in [-0.1, -0.05) is 0 Å². The van der Waals surface area contributed by atoms with Crippen LogP contribution in [-0.4, -0.2) is 294 Å². The van der Waals surface area contributed by atoms with E-state index in [1.165, 1.54) is 249 Å². The van der Waals surface area contributed by atoms with E-state index in [2.05, 4.69) is 136 Å². The number of amides is 2. The second-order valence-corrected chi connectivity index (χ2v) is 52.5. The van der Waals surface area contributed by atoms with Crippen LogP contribution in [0.15, 0.2) is 38.0 Å². The summed E-state index contributed by atoms with van der Waals surface area (Å²) in [5.74, 6) is 6.79. The van der Waals surface area contributed by atoms with Crippen molar-refractivity contribution in [3.8, 4) is 17.6 Å². The Bertz CT molecular complexity index is 6570. The van der Waals surface area contributed by atoms with Crippen molar-refractivity contribution in [2.45, 2.75) is 337 Å². The van der Waals surface area contributed by atoms with Crippen molar-refractivity contribution in [3.63, 3.8) is 0 Å². The van der Waals surface area contributed by atoms with Gasteiger partial charge in [-0.3, -0.25) is 19.4 Å². The molecule has 5 saturated carbocycles. The van der Waals surface area contributed by atoms with E-state index >= 15 is 0 Å². The van der Waals surface area contributed by atoms with Gasteiger partial charge in [0.15, 0.2) is 0 Å². The van der Waals surface area contributed by atoms with Gasteiger partial charge in [0.2, 0.25) is 29.5 Å². The van der Waals surface area contributed by atoms with E-state index in [4.69, 9.17) is 14.2 Å². The molecule has 9 fully saturated rings. The smallest absolute Gasteiger partial charge is 0.389 e. The number of nitrogens with zero attached hydrogens (tertiary/aromatic N) is 19. The molecule has 12 aromatic rings. The number of hydrogen-bond acceptors (Lipinski definition) is 31. The molecule has 0 bridgehead atoms. The third kappa shape index (κ3) is 25.1. The standard InChI is InChI=1S/C27H37N5O3S.C19H26N4S.C18H22F3N3S.C18H27N4S.C16H21N3OS.C15H20N4OS/c33-23(30-12-1-2-13-30)16-32(17-24(34)31-14-3-4-15-31)19-8-10-20(11-9-19)35-26-25-21-6-5-7-22(21)36-27(25)29-18-28-26;1-2-11-23(10-1)14-8-6-13(7-9-14)22-18-17-15-4-3-5-16(15)24-19(17)21-12-20-18;19-18(20,21)9-8-11-4-6-12(7-5-11)24-16-15-13-2-1-3-14(13)25-17(15)23-10-22-16;1-22(2,3)13-9-7-12(8-10-13)21-17-16-14-5-4-6-15(14)23-18(16)20-11-19-17;1-19(2)8-10-6-11(7-10)20-15-14-12-4-3-5-13(12)21-16(14)18-9-17-15;1-2-11-12(3-1)21-15-13(11)14(17-10-18-15)20-9-8-19-6-4-16-5-7-19/h18-20H,1-17H2;12-14H,1-11H2,(H,20,21,22);10-12H,1-9H2,(H,22,23,24);11-13H,4-10H2,1-3H3,(H,19,20,21);9-11H,3-8H2,1-2H3;10,16H,1-9H2/q;;;+1;;. The van der Waals surface area contributed by atoms with Crippen molar-refractivity contribution < 1.29 is 41.5 Å². The maximum absolute atomic E-state index is 13.0. The molecule has 0 radical (unpaired) electrons. The van der Waals surface area contributed by atoms with Crippen molar-refractivity contribution in [3.05, 3.63) is 101 Å². The summed E-state index contributed by atoms with van der Waals surface area (Å²) in [6.07, 6.45) is 54.7. The zero-order valence-corrected chi connectivity index (χ0v) is 93.5. The molecule has 150 heavy (non-hydrogen) atoms. The van der Waals surface area contributed by atoms with Gasteiger partial charge in [0.1, 0.15) is 103 Å². The Hall–Kier alpha value is -8.47. The number of likely N-dealkylation sites (tertiary alicyclic amines) is 3. The molecule has 11 aliphatic carbocycles. The third-order valence-electron chi connectivity index (χ3n) is 34.7. The maximum atomic E-state index is 13.0. The molecule has 28 nitrogen and oxygen atoms in total. The average Bonchev–Trinajstić information content (AvgIpc) is 1.62. The highest BCUT2D eigenvalue weighted by Crippen LogP contribution is 2.49. The van der Waals surface area contributed by atoms with Gasteiger partial charge in [0.05, 0.1) is 72.6 Å². The highest BCUT2D eigenvalue weighted by atomic mass is 32.1. The molecule has 806 valence electrons. The number of hydrogen-bond donors (Lipinski definition) is 4. The summed E-state index contributed by atoms with van der Waals surface area (Å²) >= 11 is 11.0. The summed E-state index contributed by atoms with van der Waals surface area (Å²) in [7, 11) is 11.2. The summed E-state index contributed by atoms with van der Waals surface area (Å²) in [5, 5.41) is 21.8. The van der Waals surface area contributed by atoms with Gasteiger partial charge in [0.25, 0.3) is 0 Å². The Morgan fingerprint density at radius 1 is 0.407 bits per heavy atom. The van der Waals surface area contributed by atoms with Crippen LogP contribution >= 0.6 is 68.0 Å². The topological polar surface area (TPSA) is 284 Å². The molecule has 4 saturated heterocycles. The first-order chi connectivity index (χ1) is 73.2. The Kier molecular flexibility index (Phi) is 34.2. The number of carbonyl (C=O) groups is 2. The third-order valence-corrected chi connectivity index (χ3v) is 41.9. The molecule has 2 amide bonds. The largest absolute Gasteiger partial charge is 0.476 e. The van der Waals surface area contributed by atoms with Gasteiger partial charge >= 0.3 is 6.18 Å². The maximum Gasteiger partial charge on any atom is 0.389 e. The van der Waals surface area contributed by atoms with E-state index in [-0.39, 0.29) is 36.3 Å². The number of aryl methyl sites for hydroxylation is 12. The zero-order chi connectivity index (χ0) is 102. The number of rotatable bonds is 25. The van der Waals surface area contributed by atoms with Crippen molar-refractivity contribution in [2.75, 3.05) is 149 Å². The number of halogens is 3. The van der Waals surface area contributed by atoms with Gasteiger partial charge in [-0.2, -0.15) is 13.2 Å². The second kappa shape index (κ2) is 48.5. The molecule has 16 heterocycles. The minimum absolute atomic E-state index is 0.113. The molecular formula is C113H153F3N23O5S6+. The summed E-state index contributed by atoms with van der Waals surface area (Å²) in [4.78, 5) is 109. The molecule has 4 N–H and O–H groups in total. The van der Waals surface area contributed by atoms with E-state index in [1.807, 2.05) is 55.1 Å². The van der Waals surface area contributed by atoms with Crippen LogP contribution in [0.3, 0.4) is 0 Å². The van der Waals surface area contributed by atoms with Crippen LogP contribution < -0.4 is 35.5 Å². The predicted octanol–water partition coefficient (Wildman–Crippen LogP) is 20.9. The van der Waals surface area contributed by atoms with Gasteiger partial charge in [-0.15, -0.1) is 68.0 Å². The second-order valence-electron chi connectivity index (χ2n) is 46.0. The van der Waals surface area contributed by atoms with Crippen LogP contribution in [0.1, 0.15) is 268 Å². The van der Waals surface area contributed by atoms with Crippen LogP contribution in [0, 0.1) is 11.8 Å². The summed E-state index contributed by atoms with van der Waals surface area (Å²) in [6, 6.07) is 3.31. The van der Waals surface area contributed by atoms with Crippen LogP contribution in [0.5, 0.6) is 17.6 Å². The number of nitrogens with one attached hydrogen (secondary N) is 4. The molecule has 37 heteroatoms. The number of aromatic nitrogens is 12. The lowest BCUT2D eigenvalue weighted by atomic mass is 9.82. The Balaban J connectivity index is 0.000000103. The quantitative estimate of drug-likeness (QED) is 0.0387. The molecule has 0 unspecified atom stereocenters. The van der Waals surface area contributed by atoms with Crippen molar-refractivity contribution in [2.24, 2.45) is 11.8 Å². The van der Waals surface area contributed by atoms with Gasteiger partial charge in [-0.25, -0.2) is 59.8 Å². The number of piperazine rings is 1. The fourth-order valence-electron chi connectivity index (χ4n) is 26.6. The first kappa shape index (κ1) is 106. The fourth-order valence-corrected chi connectivity index (χ4v) is 34.0. The summed E-state index contributed by atoms with van der Waals surface area (Å²) < 4.78 is 56.9. The minimum Gasteiger partial charge on any atom is -0.476 e. The van der Waals surface area contributed by atoms with Crippen molar-refractivity contribution in [1.82, 2.24) is 94.5 Å². The van der Waals surface area contributed by atoms with Crippen LogP contribution in [0.25, 0.3) is 61.3 Å². The molecule has 27 rings (SSSR count). The van der Waals surface area contributed by atoms with Crippen LogP contribution in [0.2, 0.25) is 0 Å². The van der Waals surface area contributed by atoms with Gasteiger partial charge in [-0.05, 0) is 336 Å². The zero-order valence-electron chi connectivity index (χ0n) is 88.6. The van der Waals surface area contributed by atoms with Crippen LogP contribution in [-0.2, 0) is 86.6 Å². The number of ether oxygens (including phenoxy) is 3. The minimum atomic E-state index is -4.03. The highest BCUT2D eigenvalue weighted by molar-refractivity contribution is 7.20. The average molecular weight is 2160 g/mol. The summed E-state index contributed by atoms with van der Waals surface area (Å²) in [6.45, 7) is 14.0. The van der Waals surface area contributed by atoms with Gasteiger partial charge < -0.3 is 59.6 Å². The van der Waals surface area contributed by atoms with E-state index in [0.717, 1.165) is 276 Å². The number of anilines is 3. The molecule has 0 spiro atoms. The molecule has 12 aromatic heterocycles. The predicted molar refractivity (Wildman–Crippen MR) is 600 cm³/mol. The molecule has 4 aliphatic heterocycles. The number of quaternary nitrogens is 1. The van der Waals surface area contributed by atoms with Crippen molar-refractivity contribution >= 4 is 159 Å². The Labute approximate surface area is 904 Å². The number of fused-ring (bicyclic) bond motifs is 18. The monoisotopic (exact) mass is 2160 g/mol. The number of carbonyl (C=O) groups excluding carboxylic acids is 2. The lowest BCUT2D eigenvalue weighted by Crippen LogP contribution is -2.50. The fraction of sp³-hybridized carbons (Fsp3) is 0.664.